The summed E-state index contributed by atoms with van der Waals surface area (Å²) in [4.78, 5) is 40.2. The lowest BCUT2D eigenvalue weighted by Gasteiger charge is -2.35. The Morgan fingerprint density at radius 3 is 2.19 bits per heavy atom. The van der Waals surface area contributed by atoms with Crippen molar-refractivity contribution >= 4 is 49.1 Å². The Hall–Kier alpha value is -3.97. The maximum atomic E-state index is 14.2. The van der Waals surface area contributed by atoms with E-state index < -0.39 is 44.9 Å². The number of nitro benzene ring substituents is 1. The van der Waals surface area contributed by atoms with Crippen LogP contribution in [-0.4, -0.2) is 61.5 Å². The molecular formula is C30H35BrN4O7S. The van der Waals surface area contributed by atoms with Crippen LogP contribution in [0.3, 0.4) is 0 Å². The highest BCUT2D eigenvalue weighted by molar-refractivity contribution is 9.10. The van der Waals surface area contributed by atoms with Crippen LogP contribution in [0.2, 0.25) is 0 Å². The SMILES string of the molecule is COc1ccc([N+](=O)[O-])cc1N(CC(=O)N(Cc1ccc(Br)cc1)C(Cc1ccccc1)C(=O)NC(C)(C)C)S(C)(=O)=O. The van der Waals surface area contributed by atoms with Gasteiger partial charge < -0.3 is 15.0 Å². The molecule has 2 amide bonds. The van der Waals surface area contributed by atoms with Gasteiger partial charge in [-0.15, -0.1) is 0 Å². The molecule has 0 aliphatic rings. The summed E-state index contributed by atoms with van der Waals surface area (Å²) in [6.07, 6.45) is 1.05. The first-order chi connectivity index (χ1) is 20.1. The second-order valence-corrected chi connectivity index (χ2v) is 13.8. The van der Waals surface area contributed by atoms with Gasteiger partial charge in [0.25, 0.3) is 5.69 Å². The van der Waals surface area contributed by atoms with Crippen LogP contribution in [0.1, 0.15) is 31.9 Å². The van der Waals surface area contributed by atoms with E-state index in [9.17, 15) is 28.1 Å². The highest BCUT2D eigenvalue weighted by Crippen LogP contribution is 2.34. The summed E-state index contributed by atoms with van der Waals surface area (Å²) in [5.41, 5.74) is 0.334. The number of sulfonamides is 1. The third-order valence-corrected chi connectivity index (χ3v) is 8.01. The Morgan fingerprint density at radius 2 is 1.65 bits per heavy atom. The number of nitrogens with one attached hydrogen (secondary N) is 1. The predicted molar refractivity (Wildman–Crippen MR) is 168 cm³/mol. The zero-order valence-electron chi connectivity index (χ0n) is 24.6. The average Bonchev–Trinajstić information content (AvgIpc) is 2.93. The Balaban J connectivity index is 2.14. The molecule has 0 radical (unpaired) electrons. The van der Waals surface area contributed by atoms with Gasteiger partial charge in [-0.05, 0) is 50.1 Å². The van der Waals surface area contributed by atoms with Crippen molar-refractivity contribution in [3.63, 3.8) is 0 Å². The molecular weight excluding hydrogens is 640 g/mol. The number of rotatable bonds is 12. The van der Waals surface area contributed by atoms with E-state index in [0.29, 0.717) is 5.56 Å². The fourth-order valence-corrected chi connectivity index (χ4v) is 5.48. The molecule has 3 aromatic carbocycles. The van der Waals surface area contributed by atoms with E-state index in [-0.39, 0.29) is 30.1 Å². The van der Waals surface area contributed by atoms with Crippen LogP contribution < -0.4 is 14.4 Å². The highest BCUT2D eigenvalue weighted by Gasteiger charge is 2.35. The molecule has 1 N–H and O–H groups in total. The van der Waals surface area contributed by atoms with Crippen molar-refractivity contribution in [2.75, 3.05) is 24.2 Å². The van der Waals surface area contributed by atoms with Gasteiger partial charge in [-0.3, -0.25) is 24.0 Å². The number of benzene rings is 3. The highest BCUT2D eigenvalue weighted by atomic mass is 79.9. The molecule has 3 aromatic rings. The third kappa shape index (κ3) is 9.52. The zero-order chi connectivity index (χ0) is 31.9. The fourth-order valence-electron chi connectivity index (χ4n) is 4.37. The zero-order valence-corrected chi connectivity index (χ0v) is 27.0. The molecule has 0 fully saturated rings. The lowest BCUT2D eigenvalue weighted by Crippen LogP contribution is -2.56. The molecule has 0 aromatic heterocycles. The molecule has 0 spiro atoms. The van der Waals surface area contributed by atoms with Crippen LogP contribution in [0.15, 0.2) is 77.3 Å². The van der Waals surface area contributed by atoms with Crippen LogP contribution in [0.5, 0.6) is 5.75 Å². The Morgan fingerprint density at radius 1 is 1.02 bits per heavy atom. The van der Waals surface area contributed by atoms with Gasteiger partial charge in [0, 0.05) is 35.1 Å². The molecule has 0 aliphatic heterocycles. The summed E-state index contributed by atoms with van der Waals surface area (Å²) in [6, 6.07) is 18.8. The summed E-state index contributed by atoms with van der Waals surface area (Å²) in [6.45, 7) is 4.73. The lowest BCUT2D eigenvalue weighted by molar-refractivity contribution is -0.384. The average molecular weight is 676 g/mol. The topological polar surface area (TPSA) is 139 Å². The number of nitrogens with zero attached hydrogens (tertiary/aromatic N) is 3. The van der Waals surface area contributed by atoms with Gasteiger partial charge in [0.1, 0.15) is 24.0 Å². The molecule has 0 saturated carbocycles. The van der Waals surface area contributed by atoms with Gasteiger partial charge in [0.2, 0.25) is 21.8 Å². The summed E-state index contributed by atoms with van der Waals surface area (Å²) in [7, 11) is -2.87. The van der Waals surface area contributed by atoms with E-state index in [2.05, 4.69) is 21.2 Å². The number of hydrogen-bond acceptors (Lipinski definition) is 7. The first kappa shape index (κ1) is 33.5. The molecule has 1 unspecified atom stereocenters. The van der Waals surface area contributed by atoms with Crippen molar-refractivity contribution in [1.82, 2.24) is 10.2 Å². The number of hydrogen-bond donors (Lipinski definition) is 1. The minimum absolute atomic E-state index is 0.00908. The molecule has 11 nitrogen and oxygen atoms in total. The number of ether oxygens (including phenoxy) is 1. The quantitative estimate of drug-likeness (QED) is 0.217. The molecule has 230 valence electrons. The monoisotopic (exact) mass is 674 g/mol. The third-order valence-electron chi connectivity index (χ3n) is 6.36. The minimum atomic E-state index is -4.16. The maximum Gasteiger partial charge on any atom is 0.271 e. The first-order valence-electron chi connectivity index (χ1n) is 13.3. The second-order valence-electron chi connectivity index (χ2n) is 11.0. The van der Waals surface area contributed by atoms with Crippen LogP contribution in [0.25, 0.3) is 0 Å². The molecule has 3 rings (SSSR count). The van der Waals surface area contributed by atoms with E-state index >= 15 is 0 Å². The van der Waals surface area contributed by atoms with Crippen molar-refractivity contribution < 1.29 is 27.7 Å². The van der Waals surface area contributed by atoms with E-state index in [1.165, 1.54) is 24.1 Å². The molecule has 0 heterocycles. The van der Waals surface area contributed by atoms with Crippen molar-refractivity contribution in [3.8, 4) is 5.75 Å². The minimum Gasteiger partial charge on any atom is -0.495 e. The van der Waals surface area contributed by atoms with Gasteiger partial charge in [0.05, 0.1) is 18.3 Å². The Kier molecular flexibility index (Phi) is 10.9. The molecule has 0 bridgehead atoms. The standard InChI is InChI=1S/C30H35BrN4O7S/c1-30(2,3)32-29(37)26(17-21-9-7-6-8-10-21)33(19-22-11-13-23(31)14-12-22)28(36)20-34(43(5,40)41)25-18-24(35(38)39)15-16-27(25)42-4/h6-16,18,26H,17,19-20H2,1-5H3,(H,32,37). The second kappa shape index (κ2) is 14.0. The van der Waals surface area contributed by atoms with E-state index in [0.717, 1.165) is 26.7 Å². The van der Waals surface area contributed by atoms with Crippen LogP contribution in [0, 0.1) is 10.1 Å². The van der Waals surface area contributed by atoms with Crippen LogP contribution in [0.4, 0.5) is 11.4 Å². The van der Waals surface area contributed by atoms with Crippen molar-refractivity contribution in [1.29, 1.82) is 0 Å². The molecule has 0 saturated heterocycles. The number of anilines is 1. The summed E-state index contributed by atoms with van der Waals surface area (Å²) in [5.74, 6) is -1.08. The number of halogens is 1. The number of methoxy groups -OCH3 is 1. The first-order valence-corrected chi connectivity index (χ1v) is 15.9. The largest absolute Gasteiger partial charge is 0.495 e. The summed E-state index contributed by atoms with van der Waals surface area (Å²) in [5, 5.41) is 14.5. The number of non-ortho nitro benzene ring substituents is 1. The molecule has 1 atom stereocenters. The predicted octanol–water partition coefficient (Wildman–Crippen LogP) is 4.69. The number of nitro groups is 1. The van der Waals surface area contributed by atoms with E-state index in [1.807, 2.05) is 51.1 Å². The number of amides is 2. The van der Waals surface area contributed by atoms with Gasteiger partial charge in [-0.1, -0.05) is 58.4 Å². The Bertz CT molecular complexity index is 1560. The van der Waals surface area contributed by atoms with Crippen molar-refractivity contribution in [2.45, 2.75) is 45.3 Å². The number of carbonyl (C=O) groups excluding carboxylic acids is 2. The van der Waals surface area contributed by atoms with Gasteiger partial charge >= 0.3 is 0 Å². The number of carbonyl (C=O) groups is 2. The van der Waals surface area contributed by atoms with Gasteiger partial charge in [0.15, 0.2) is 0 Å². The van der Waals surface area contributed by atoms with E-state index in [1.54, 1.807) is 24.3 Å². The lowest BCUT2D eigenvalue weighted by atomic mass is 10.0. The maximum absolute atomic E-state index is 14.2. The van der Waals surface area contributed by atoms with Crippen molar-refractivity contribution in [3.05, 3.63) is 98.5 Å². The summed E-state index contributed by atoms with van der Waals surface area (Å²) >= 11 is 3.40. The normalized spacial score (nSPS) is 12.2. The van der Waals surface area contributed by atoms with Gasteiger partial charge in [-0.25, -0.2) is 8.42 Å². The smallest absolute Gasteiger partial charge is 0.271 e. The van der Waals surface area contributed by atoms with Crippen molar-refractivity contribution in [2.24, 2.45) is 0 Å². The van der Waals surface area contributed by atoms with E-state index in [4.69, 9.17) is 4.74 Å². The fraction of sp³-hybridized carbons (Fsp3) is 0.333. The summed E-state index contributed by atoms with van der Waals surface area (Å²) < 4.78 is 33.0. The van der Waals surface area contributed by atoms with Crippen LogP contribution >= 0.6 is 15.9 Å². The molecule has 43 heavy (non-hydrogen) atoms. The van der Waals surface area contributed by atoms with Gasteiger partial charge in [-0.2, -0.15) is 0 Å². The Labute approximate surface area is 260 Å². The molecule has 0 aliphatic carbocycles. The van der Waals surface area contributed by atoms with Crippen LogP contribution in [-0.2, 0) is 32.6 Å². The molecule has 13 heteroatoms.